The summed E-state index contributed by atoms with van der Waals surface area (Å²) in [6.45, 7) is 21.2. The van der Waals surface area contributed by atoms with Crippen molar-refractivity contribution in [3.05, 3.63) is 132 Å². The number of benzene rings is 3. The fourth-order valence-electron chi connectivity index (χ4n) is 7.49. The Kier molecular flexibility index (Phi) is 25.1. The molecule has 2 heterocycles. The van der Waals surface area contributed by atoms with Crippen molar-refractivity contribution in [3.63, 3.8) is 0 Å². The van der Waals surface area contributed by atoms with Crippen molar-refractivity contribution in [1.29, 1.82) is 0 Å². The molecule has 2 aromatic heterocycles. The quantitative estimate of drug-likeness (QED) is 0.0476. The maximum Gasteiger partial charge on any atom is 0.254 e. The molecule has 1 N–H and O–H groups in total. The first kappa shape index (κ1) is 50.8. The molecule has 0 aliphatic heterocycles. The van der Waals surface area contributed by atoms with Gasteiger partial charge in [-0.3, -0.25) is 4.79 Å². The molecule has 0 saturated heterocycles. The van der Waals surface area contributed by atoms with E-state index < -0.39 is 0 Å². The van der Waals surface area contributed by atoms with Crippen LogP contribution in [-0.4, -0.2) is 92.9 Å². The molecular weight excluding hydrogens is 777 g/mol. The first-order valence-electron chi connectivity index (χ1n) is 24.2. The number of hydrogen-bond acceptors (Lipinski definition) is 8. The highest BCUT2D eigenvalue weighted by Crippen LogP contribution is 2.20. The van der Waals surface area contributed by atoms with E-state index in [0.29, 0.717) is 6.54 Å². The molecule has 5 rings (SSSR count). The molecule has 9 nitrogen and oxygen atoms in total. The Morgan fingerprint density at radius 3 is 1.38 bits per heavy atom. The number of amides is 1. The summed E-state index contributed by atoms with van der Waals surface area (Å²) in [5.41, 5.74) is 8.82. The molecule has 0 bridgehead atoms. The topological polar surface area (TPSA) is 90.4 Å². The van der Waals surface area contributed by atoms with Gasteiger partial charge in [0.1, 0.15) is 12.7 Å². The van der Waals surface area contributed by atoms with Gasteiger partial charge in [0.05, 0.1) is 0 Å². The third-order valence-electron chi connectivity index (χ3n) is 11.6. The van der Waals surface area contributed by atoms with E-state index in [9.17, 15) is 4.79 Å². The van der Waals surface area contributed by atoms with Crippen molar-refractivity contribution in [2.75, 3.05) is 52.4 Å². The molecule has 5 aromatic rings. The maximum atomic E-state index is 13.7. The lowest BCUT2D eigenvalue weighted by Crippen LogP contribution is -2.39. The normalized spacial score (nSPS) is 11.2. The van der Waals surface area contributed by atoms with Gasteiger partial charge >= 0.3 is 0 Å². The summed E-state index contributed by atoms with van der Waals surface area (Å²) >= 11 is 0. The SMILES string of the molecule is CCCCCc1ccc(C(=O)N(CCN(CCCC)CCCC)Cc2ccc(-c3cncnc3)cc2)cc1.CCCCN(CCCC)CCNCc1ccc(-c2cncnc2)cc1. The minimum Gasteiger partial charge on any atom is -0.333 e. The van der Waals surface area contributed by atoms with Gasteiger partial charge in [-0.05, 0) is 105 Å². The summed E-state index contributed by atoms with van der Waals surface area (Å²) in [6.07, 6.45) is 25.1. The Morgan fingerprint density at radius 1 is 0.460 bits per heavy atom. The zero-order chi connectivity index (χ0) is 44.7. The molecular formula is C54H78N8O. The number of carbonyl (C=O) groups is 1. The number of rotatable bonds is 29. The lowest BCUT2D eigenvalue weighted by atomic mass is 10.0. The average Bonchev–Trinajstić information content (AvgIpc) is 3.34. The van der Waals surface area contributed by atoms with Gasteiger partial charge in [-0.1, -0.05) is 134 Å². The average molecular weight is 855 g/mol. The molecule has 0 saturated carbocycles. The summed E-state index contributed by atoms with van der Waals surface area (Å²) < 4.78 is 0. The number of carbonyl (C=O) groups excluding carboxylic acids is 1. The van der Waals surface area contributed by atoms with Crippen molar-refractivity contribution >= 4 is 5.91 Å². The first-order chi connectivity index (χ1) is 31.0. The highest BCUT2D eigenvalue weighted by Gasteiger charge is 2.18. The van der Waals surface area contributed by atoms with Gasteiger partial charge in [0, 0.05) is 80.7 Å². The number of hydrogen-bond donors (Lipinski definition) is 1. The van der Waals surface area contributed by atoms with E-state index in [1.807, 2.05) is 41.8 Å². The molecule has 0 atom stereocenters. The maximum absolute atomic E-state index is 13.7. The van der Waals surface area contributed by atoms with E-state index in [1.54, 1.807) is 12.7 Å². The predicted octanol–water partition coefficient (Wildman–Crippen LogP) is 11.6. The minimum atomic E-state index is 0.108. The Bertz CT molecular complexity index is 1870. The van der Waals surface area contributed by atoms with E-state index in [0.717, 1.165) is 85.6 Å². The number of nitrogens with zero attached hydrogens (tertiary/aromatic N) is 7. The molecule has 0 unspecified atom stereocenters. The number of aromatic nitrogens is 4. The van der Waals surface area contributed by atoms with Gasteiger partial charge in [0.15, 0.2) is 0 Å². The van der Waals surface area contributed by atoms with Gasteiger partial charge in [0.25, 0.3) is 5.91 Å². The first-order valence-corrected chi connectivity index (χ1v) is 24.2. The number of unbranched alkanes of at least 4 members (excludes halogenated alkanes) is 6. The third-order valence-corrected chi connectivity index (χ3v) is 11.6. The van der Waals surface area contributed by atoms with Crippen molar-refractivity contribution in [3.8, 4) is 22.3 Å². The third kappa shape index (κ3) is 19.6. The molecule has 63 heavy (non-hydrogen) atoms. The van der Waals surface area contributed by atoms with Gasteiger partial charge in [0.2, 0.25) is 0 Å². The smallest absolute Gasteiger partial charge is 0.254 e. The molecule has 0 radical (unpaired) electrons. The highest BCUT2D eigenvalue weighted by atomic mass is 16.2. The van der Waals surface area contributed by atoms with E-state index >= 15 is 0 Å². The molecule has 0 fully saturated rings. The molecule has 0 spiro atoms. The Balaban J connectivity index is 0.000000302. The summed E-state index contributed by atoms with van der Waals surface area (Å²) in [4.78, 5) is 37.3. The highest BCUT2D eigenvalue weighted by molar-refractivity contribution is 5.94. The summed E-state index contributed by atoms with van der Waals surface area (Å²) in [7, 11) is 0. The van der Waals surface area contributed by atoms with Crippen molar-refractivity contribution in [1.82, 2.24) is 40.0 Å². The van der Waals surface area contributed by atoms with Gasteiger partial charge in [-0.15, -0.1) is 0 Å². The van der Waals surface area contributed by atoms with Crippen LogP contribution in [0.3, 0.4) is 0 Å². The van der Waals surface area contributed by atoms with Crippen LogP contribution in [0.1, 0.15) is 132 Å². The zero-order valence-electron chi connectivity index (χ0n) is 39.5. The lowest BCUT2D eigenvalue weighted by molar-refractivity contribution is 0.0720. The molecule has 9 heteroatoms. The van der Waals surface area contributed by atoms with Crippen LogP contribution in [0, 0.1) is 0 Å². The van der Waals surface area contributed by atoms with Gasteiger partial charge < -0.3 is 20.0 Å². The fourth-order valence-corrected chi connectivity index (χ4v) is 7.49. The Morgan fingerprint density at radius 2 is 0.905 bits per heavy atom. The molecule has 0 aliphatic rings. The molecule has 1 amide bonds. The van der Waals surface area contributed by atoms with Crippen LogP contribution in [0.5, 0.6) is 0 Å². The number of nitrogens with one attached hydrogen (secondary N) is 1. The van der Waals surface area contributed by atoms with E-state index in [1.165, 1.54) is 94.8 Å². The largest absolute Gasteiger partial charge is 0.333 e. The molecule has 0 aliphatic carbocycles. The monoisotopic (exact) mass is 855 g/mol. The van der Waals surface area contributed by atoms with Crippen LogP contribution in [0.4, 0.5) is 0 Å². The van der Waals surface area contributed by atoms with Crippen LogP contribution in [0.2, 0.25) is 0 Å². The van der Waals surface area contributed by atoms with Gasteiger partial charge in [-0.2, -0.15) is 0 Å². The second-order valence-electron chi connectivity index (χ2n) is 16.8. The minimum absolute atomic E-state index is 0.108. The van der Waals surface area contributed by atoms with Crippen molar-refractivity contribution in [2.45, 2.75) is 125 Å². The summed E-state index contributed by atoms with van der Waals surface area (Å²) in [5, 5.41) is 3.58. The molecule has 3 aromatic carbocycles. The van der Waals surface area contributed by atoms with Crippen LogP contribution in [0.25, 0.3) is 22.3 Å². The van der Waals surface area contributed by atoms with E-state index in [-0.39, 0.29) is 5.91 Å². The van der Waals surface area contributed by atoms with E-state index in [2.05, 4.69) is 130 Å². The standard InChI is InChI=1S/C33H46N4O.C21H32N4/c1-4-7-10-11-28-12-18-31(19-13-28)33(38)37(23-22-36(20-8-5-2)21-9-6-3)26-29-14-16-30(17-15-29)32-24-34-27-35-25-32;1-3-5-12-25(13-6-4-2)14-11-22-15-19-7-9-20(10-8-19)21-16-23-18-24-17-21/h12-19,24-25,27H,4-11,20-23,26H2,1-3H3;7-10,16-18,22H,3-6,11-15H2,1-2H3. The Hall–Kier alpha value is -4.83. The second-order valence-corrected chi connectivity index (χ2v) is 16.8. The van der Waals surface area contributed by atoms with Crippen molar-refractivity contribution in [2.24, 2.45) is 0 Å². The zero-order valence-corrected chi connectivity index (χ0v) is 39.5. The fraction of sp³-hybridized carbons (Fsp3) is 0.500. The van der Waals surface area contributed by atoms with Crippen LogP contribution >= 0.6 is 0 Å². The van der Waals surface area contributed by atoms with Crippen LogP contribution in [0.15, 0.2) is 110 Å². The molecule has 340 valence electrons. The predicted molar refractivity (Wildman–Crippen MR) is 264 cm³/mol. The van der Waals surface area contributed by atoms with Crippen LogP contribution in [-0.2, 0) is 19.5 Å². The summed E-state index contributed by atoms with van der Waals surface area (Å²) in [6, 6.07) is 25.4. The van der Waals surface area contributed by atoms with E-state index in [4.69, 9.17) is 0 Å². The van der Waals surface area contributed by atoms with Crippen molar-refractivity contribution < 1.29 is 4.79 Å². The van der Waals surface area contributed by atoms with Gasteiger partial charge in [-0.25, -0.2) is 19.9 Å². The number of aryl methyl sites for hydroxylation is 1. The van der Waals surface area contributed by atoms with Crippen LogP contribution < -0.4 is 5.32 Å². The Labute approximate surface area is 381 Å². The lowest BCUT2D eigenvalue weighted by Gasteiger charge is -2.28. The summed E-state index contributed by atoms with van der Waals surface area (Å²) in [5.74, 6) is 0.108. The second kappa shape index (κ2) is 31.1.